The number of nitro benzene ring substituents is 1. The molecule has 0 unspecified atom stereocenters. The number of oxime groups is 1. The summed E-state index contributed by atoms with van der Waals surface area (Å²) < 4.78 is 0. The van der Waals surface area contributed by atoms with E-state index in [9.17, 15) is 14.9 Å². The zero-order valence-corrected chi connectivity index (χ0v) is 12.4. The minimum atomic E-state index is -0.756. The molecule has 2 aromatic carbocycles. The molecule has 6 nitrogen and oxygen atoms in total. The van der Waals surface area contributed by atoms with Crippen LogP contribution < -0.4 is 0 Å². The Morgan fingerprint density at radius 2 is 1.91 bits per heavy atom. The Kier molecular flexibility index (Phi) is 5.08. The van der Waals surface area contributed by atoms with Gasteiger partial charge in [-0.2, -0.15) is 0 Å². The van der Waals surface area contributed by atoms with Gasteiger partial charge in [-0.1, -0.05) is 40.5 Å². The molecule has 0 N–H and O–H groups in total. The Bertz CT molecular complexity index is 762. The Morgan fingerprint density at radius 3 is 2.59 bits per heavy atom. The van der Waals surface area contributed by atoms with Gasteiger partial charge in [0.25, 0.3) is 5.69 Å². The number of carbonyl (C=O) groups is 1. The highest BCUT2D eigenvalue weighted by Gasteiger charge is 2.12. The van der Waals surface area contributed by atoms with Gasteiger partial charge in [-0.3, -0.25) is 10.1 Å². The molecule has 0 spiro atoms. The Labute approximate surface area is 135 Å². The van der Waals surface area contributed by atoms with E-state index in [1.54, 1.807) is 6.07 Å². The summed E-state index contributed by atoms with van der Waals surface area (Å²) in [4.78, 5) is 26.7. The van der Waals surface area contributed by atoms with Gasteiger partial charge in [0.2, 0.25) is 0 Å². The quantitative estimate of drug-likeness (QED) is 0.363. The molecule has 0 radical (unpaired) electrons. The maximum atomic E-state index is 11.7. The van der Waals surface area contributed by atoms with Crippen LogP contribution in [0, 0.1) is 10.1 Å². The number of hydrogen-bond donors (Lipinski definition) is 0. The van der Waals surface area contributed by atoms with Crippen molar-refractivity contribution in [2.45, 2.75) is 0 Å². The maximum absolute atomic E-state index is 11.7. The van der Waals surface area contributed by atoms with Gasteiger partial charge < -0.3 is 4.84 Å². The van der Waals surface area contributed by atoms with Crippen molar-refractivity contribution in [3.05, 3.63) is 73.8 Å². The molecule has 0 atom stereocenters. The highest BCUT2D eigenvalue weighted by molar-refractivity contribution is 6.42. The van der Waals surface area contributed by atoms with Crippen molar-refractivity contribution in [1.29, 1.82) is 0 Å². The molecule has 0 bridgehead atoms. The predicted molar refractivity (Wildman–Crippen MR) is 82.6 cm³/mol. The first-order valence-corrected chi connectivity index (χ1v) is 6.68. The summed E-state index contributed by atoms with van der Waals surface area (Å²) in [6, 6.07) is 10.2. The third-order valence-corrected chi connectivity index (χ3v) is 3.36. The monoisotopic (exact) mass is 338 g/mol. The van der Waals surface area contributed by atoms with Crippen LogP contribution in [0.25, 0.3) is 0 Å². The van der Waals surface area contributed by atoms with Gasteiger partial charge in [-0.05, 0) is 24.3 Å². The van der Waals surface area contributed by atoms with Crippen molar-refractivity contribution in [3.8, 4) is 0 Å². The van der Waals surface area contributed by atoms with Crippen LogP contribution in [0.15, 0.2) is 47.6 Å². The summed E-state index contributed by atoms with van der Waals surface area (Å²) >= 11 is 11.5. The van der Waals surface area contributed by atoms with Crippen LogP contribution in [-0.4, -0.2) is 17.1 Å². The number of para-hydroxylation sites is 1. The van der Waals surface area contributed by atoms with Gasteiger partial charge in [0.05, 0.1) is 32.3 Å². The first-order valence-electron chi connectivity index (χ1n) is 5.92. The number of benzene rings is 2. The van der Waals surface area contributed by atoms with Crippen LogP contribution in [0.1, 0.15) is 15.9 Å². The van der Waals surface area contributed by atoms with Gasteiger partial charge in [-0.25, -0.2) is 4.79 Å². The molecule has 22 heavy (non-hydrogen) atoms. The first kappa shape index (κ1) is 15.9. The fourth-order valence-corrected chi connectivity index (χ4v) is 1.87. The fraction of sp³-hybridized carbons (Fsp3) is 0. The lowest BCUT2D eigenvalue weighted by Crippen LogP contribution is -2.01. The molecular formula is C14H8Cl2N2O4. The molecule has 0 aliphatic carbocycles. The zero-order chi connectivity index (χ0) is 16.1. The van der Waals surface area contributed by atoms with E-state index < -0.39 is 10.9 Å². The molecule has 0 heterocycles. The van der Waals surface area contributed by atoms with Gasteiger partial charge in [0.1, 0.15) is 0 Å². The number of halogens is 2. The third kappa shape index (κ3) is 3.81. The first-order chi connectivity index (χ1) is 10.5. The fourth-order valence-electron chi connectivity index (χ4n) is 1.57. The summed E-state index contributed by atoms with van der Waals surface area (Å²) in [6.45, 7) is 0. The van der Waals surface area contributed by atoms with E-state index in [0.29, 0.717) is 5.02 Å². The highest BCUT2D eigenvalue weighted by Crippen LogP contribution is 2.23. The number of hydrogen-bond acceptors (Lipinski definition) is 5. The Morgan fingerprint density at radius 1 is 1.18 bits per heavy atom. The van der Waals surface area contributed by atoms with Crippen LogP contribution in [-0.2, 0) is 4.84 Å². The van der Waals surface area contributed by atoms with Crippen LogP contribution in [0.5, 0.6) is 0 Å². The molecule has 0 saturated carbocycles. The Balaban J connectivity index is 2.11. The maximum Gasteiger partial charge on any atom is 0.365 e. The SMILES string of the molecule is O=C(ON=Cc1ccccc1[N+](=O)[O-])c1ccc(Cl)c(Cl)c1. The van der Waals surface area contributed by atoms with E-state index in [0.717, 1.165) is 6.21 Å². The molecule has 0 saturated heterocycles. The summed E-state index contributed by atoms with van der Waals surface area (Å²) in [5.41, 5.74) is 0.236. The van der Waals surface area contributed by atoms with Gasteiger partial charge in [0, 0.05) is 6.07 Å². The summed E-state index contributed by atoms with van der Waals surface area (Å²) in [6.07, 6.45) is 1.09. The molecule has 0 aromatic heterocycles. The van der Waals surface area contributed by atoms with E-state index in [-0.39, 0.29) is 21.8 Å². The van der Waals surface area contributed by atoms with E-state index in [1.807, 2.05) is 0 Å². The molecule has 0 amide bonds. The average Bonchev–Trinajstić information content (AvgIpc) is 2.50. The van der Waals surface area contributed by atoms with Crippen molar-refractivity contribution in [1.82, 2.24) is 0 Å². The molecule has 0 aliphatic rings. The minimum Gasteiger partial charge on any atom is -0.313 e. The lowest BCUT2D eigenvalue weighted by molar-refractivity contribution is -0.385. The van der Waals surface area contributed by atoms with Crippen molar-refractivity contribution >= 4 is 41.1 Å². The number of carbonyl (C=O) groups excluding carboxylic acids is 1. The molecule has 2 aromatic rings. The van der Waals surface area contributed by atoms with Gasteiger partial charge in [0.15, 0.2) is 0 Å². The number of nitrogens with zero attached hydrogens (tertiary/aromatic N) is 2. The summed E-state index contributed by atoms with van der Waals surface area (Å²) in [5.74, 6) is -0.756. The summed E-state index contributed by atoms with van der Waals surface area (Å²) in [5, 5.41) is 14.8. The van der Waals surface area contributed by atoms with E-state index in [4.69, 9.17) is 23.2 Å². The predicted octanol–water partition coefficient (Wildman–Crippen LogP) is 4.09. The zero-order valence-electron chi connectivity index (χ0n) is 10.9. The van der Waals surface area contributed by atoms with Crippen molar-refractivity contribution in [2.24, 2.45) is 5.16 Å². The summed E-state index contributed by atoms with van der Waals surface area (Å²) in [7, 11) is 0. The van der Waals surface area contributed by atoms with Crippen molar-refractivity contribution < 1.29 is 14.6 Å². The van der Waals surface area contributed by atoms with Crippen molar-refractivity contribution in [2.75, 3.05) is 0 Å². The van der Waals surface area contributed by atoms with Crippen LogP contribution >= 0.6 is 23.2 Å². The molecule has 2 rings (SSSR count). The topological polar surface area (TPSA) is 81.8 Å². The second kappa shape index (κ2) is 7.02. The minimum absolute atomic E-state index is 0.142. The van der Waals surface area contributed by atoms with Gasteiger partial charge in [-0.15, -0.1) is 0 Å². The number of rotatable bonds is 4. The van der Waals surface area contributed by atoms with Gasteiger partial charge >= 0.3 is 5.97 Å². The molecule has 0 fully saturated rings. The molecule has 112 valence electrons. The third-order valence-electron chi connectivity index (χ3n) is 2.62. The standard InChI is InChI=1S/C14H8Cl2N2O4/c15-11-6-5-9(7-12(11)16)14(19)22-17-8-10-3-1-2-4-13(10)18(20)21/h1-8H. The average molecular weight is 339 g/mol. The lowest BCUT2D eigenvalue weighted by atomic mass is 10.2. The van der Waals surface area contributed by atoms with Crippen molar-refractivity contribution in [3.63, 3.8) is 0 Å². The largest absolute Gasteiger partial charge is 0.365 e. The normalized spacial score (nSPS) is 10.6. The molecular weight excluding hydrogens is 331 g/mol. The van der Waals surface area contributed by atoms with E-state index in [2.05, 4.69) is 9.99 Å². The van der Waals surface area contributed by atoms with E-state index in [1.165, 1.54) is 36.4 Å². The van der Waals surface area contributed by atoms with Crippen LogP contribution in [0.4, 0.5) is 5.69 Å². The molecule has 0 aliphatic heterocycles. The lowest BCUT2D eigenvalue weighted by Gasteiger charge is -2.00. The smallest absolute Gasteiger partial charge is 0.313 e. The van der Waals surface area contributed by atoms with Crippen LogP contribution in [0.3, 0.4) is 0 Å². The highest BCUT2D eigenvalue weighted by atomic mass is 35.5. The van der Waals surface area contributed by atoms with Crippen LogP contribution in [0.2, 0.25) is 10.0 Å². The molecule has 8 heteroatoms. The second-order valence-corrected chi connectivity index (χ2v) is 4.87. The second-order valence-electron chi connectivity index (χ2n) is 4.06. The van der Waals surface area contributed by atoms with E-state index >= 15 is 0 Å². The number of nitro groups is 1. The Hall–Kier alpha value is -2.44.